The third-order valence-corrected chi connectivity index (χ3v) is 7.04. The van der Waals surface area contributed by atoms with Crippen molar-refractivity contribution in [2.75, 3.05) is 44.2 Å². The summed E-state index contributed by atoms with van der Waals surface area (Å²) in [7, 11) is 0. The molecular weight excluding hydrogens is 499 g/mol. The van der Waals surface area contributed by atoms with E-state index in [4.69, 9.17) is 4.74 Å². The van der Waals surface area contributed by atoms with Gasteiger partial charge in [-0.25, -0.2) is 4.79 Å². The Morgan fingerprint density at radius 1 is 0.947 bits per heavy atom. The van der Waals surface area contributed by atoms with E-state index in [0.29, 0.717) is 37.2 Å². The summed E-state index contributed by atoms with van der Waals surface area (Å²) >= 11 is 0. The molecule has 4 rings (SSSR count). The maximum Gasteiger partial charge on any atom is 0.416 e. The first kappa shape index (κ1) is 27.6. The van der Waals surface area contributed by atoms with Crippen molar-refractivity contribution in [2.45, 2.75) is 44.8 Å². The van der Waals surface area contributed by atoms with Crippen LogP contribution in [-0.2, 0) is 15.7 Å². The van der Waals surface area contributed by atoms with Gasteiger partial charge in [0, 0.05) is 30.4 Å². The second-order valence-electron chi connectivity index (χ2n) is 9.62. The molecule has 2 heterocycles. The number of carbonyl (C=O) groups is 3. The van der Waals surface area contributed by atoms with Gasteiger partial charge in [0.05, 0.1) is 24.3 Å². The van der Waals surface area contributed by atoms with Crippen LogP contribution in [0.3, 0.4) is 0 Å². The van der Waals surface area contributed by atoms with Gasteiger partial charge in [0.25, 0.3) is 5.91 Å². The van der Waals surface area contributed by atoms with E-state index in [2.05, 4.69) is 4.90 Å². The van der Waals surface area contributed by atoms with Crippen molar-refractivity contribution in [1.82, 2.24) is 9.80 Å². The molecule has 204 valence electrons. The fraction of sp³-hybridized carbons (Fsp3) is 0.464. The smallest absolute Gasteiger partial charge is 0.416 e. The molecule has 0 saturated carbocycles. The Morgan fingerprint density at radius 2 is 1.61 bits per heavy atom. The third-order valence-electron chi connectivity index (χ3n) is 7.04. The van der Waals surface area contributed by atoms with Crippen LogP contribution in [0.2, 0.25) is 0 Å². The summed E-state index contributed by atoms with van der Waals surface area (Å²) in [6.45, 7) is 4.68. The molecule has 38 heavy (non-hydrogen) atoms. The lowest BCUT2D eigenvalue weighted by molar-refractivity contribution is -0.137. The minimum atomic E-state index is -4.46. The molecule has 0 atom stereocenters. The molecule has 2 fully saturated rings. The van der Waals surface area contributed by atoms with Gasteiger partial charge in [-0.3, -0.25) is 14.5 Å². The number of benzene rings is 2. The van der Waals surface area contributed by atoms with Gasteiger partial charge in [-0.05, 0) is 88.2 Å². The van der Waals surface area contributed by atoms with Gasteiger partial charge in [-0.1, -0.05) is 6.07 Å². The summed E-state index contributed by atoms with van der Waals surface area (Å²) in [5.74, 6) is -0.866. The van der Waals surface area contributed by atoms with Crippen LogP contribution in [0, 0.1) is 0 Å². The number of halogens is 3. The van der Waals surface area contributed by atoms with Crippen LogP contribution in [0.15, 0.2) is 48.5 Å². The predicted octanol–water partition coefficient (Wildman–Crippen LogP) is 4.62. The number of hydrogen-bond donors (Lipinski definition) is 0. The molecule has 2 saturated heterocycles. The highest BCUT2D eigenvalue weighted by atomic mass is 19.4. The number of nitrogens with zero attached hydrogens (tertiary/aromatic N) is 3. The summed E-state index contributed by atoms with van der Waals surface area (Å²) in [5, 5.41) is 0. The number of amides is 2. The molecule has 0 unspecified atom stereocenters. The molecule has 10 heteroatoms. The van der Waals surface area contributed by atoms with E-state index < -0.39 is 17.7 Å². The molecule has 2 aliphatic rings. The molecule has 0 radical (unpaired) electrons. The normalized spacial score (nSPS) is 16.9. The van der Waals surface area contributed by atoms with Crippen molar-refractivity contribution < 1.29 is 32.3 Å². The van der Waals surface area contributed by atoms with Crippen molar-refractivity contribution in [3.05, 3.63) is 65.2 Å². The third kappa shape index (κ3) is 6.53. The zero-order valence-corrected chi connectivity index (χ0v) is 21.4. The molecule has 0 bridgehead atoms. The van der Waals surface area contributed by atoms with Gasteiger partial charge in [0.15, 0.2) is 0 Å². The van der Waals surface area contributed by atoms with Gasteiger partial charge in [0.1, 0.15) is 0 Å². The second-order valence-corrected chi connectivity index (χ2v) is 9.62. The highest BCUT2D eigenvalue weighted by Crippen LogP contribution is 2.30. The fourth-order valence-corrected chi connectivity index (χ4v) is 5.08. The van der Waals surface area contributed by atoms with E-state index in [0.717, 1.165) is 38.1 Å². The molecule has 0 aromatic heterocycles. The number of piperidine rings is 1. The zero-order chi connectivity index (χ0) is 27.3. The van der Waals surface area contributed by atoms with E-state index in [9.17, 15) is 27.6 Å². The van der Waals surface area contributed by atoms with Crippen molar-refractivity contribution >= 4 is 23.5 Å². The first-order chi connectivity index (χ1) is 18.2. The standard InChI is InChI=1S/C28H32F3N3O4/c1-2-38-27(37)21-6-5-7-24(18-21)34(25(35)19-32-14-3-4-15-32)23-12-16-33(17-13-23)26(36)20-8-10-22(11-9-20)28(29,30)31/h5-11,18,23H,2-4,12-17,19H2,1H3. The molecule has 0 N–H and O–H groups in total. The summed E-state index contributed by atoms with van der Waals surface area (Å²) in [4.78, 5) is 44.3. The fourth-order valence-electron chi connectivity index (χ4n) is 5.08. The lowest BCUT2D eigenvalue weighted by Gasteiger charge is -2.39. The lowest BCUT2D eigenvalue weighted by atomic mass is 10.00. The summed E-state index contributed by atoms with van der Waals surface area (Å²) in [6.07, 6.45) is -1.36. The lowest BCUT2D eigenvalue weighted by Crippen LogP contribution is -2.51. The van der Waals surface area contributed by atoms with Gasteiger partial charge < -0.3 is 14.5 Å². The number of rotatable bonds is 7. The number of hydrogen-bond acceptors (Lipinski definition) is 5. The van der Waals surface area contributed by atoms with Gasteiger partial charge in [-0.15, -0.1) is 0 Å². The molecular formula is C28H32F3N3O4. The number of alkyl halides is 3. The second kappa shape index (κ2) is 12.0. The maximum atomic E-state index is 13.6. The Labute approximate surface area is 220 Å². The minimum absolute atomic E-state index is 0.0691. The number of anilines is 1. The van der Waals surface area contributed by atoms with E-state index in [1.165, 1.54) is 12.1 Å². The van der Waals surface area contributed by atoms with Crippen molar-refractivity contribution in [3.63, 3.8) is 0 Å². The summed E-state index contributed by atoms with van der Waals surface area (Å²) in [6, 6.07) is 10.9. The number of carbonyl (C=O) groups excluding carboxylic acids is 3. The Bertz CT molecular complexity index is 1140. The van der Waals surface area contributed by atoms with E-state index in [1.807, 2.05) is 0 Å². The Hall–Kier alpha value is -3.40. The van der Waals surface area contributed by atoms with Crippen LogP contribution in [0.1, 0.15) is 58.9 Å². The zero-order valence-electron chi connectivity index (χ0n) is 21.4. The van der Waals surface area contributed by atoms with Crippen LogP contribution < -0.4 is 4.90 Å². The largest absolute Gasteiger partial charge is 0.462 e. The summed E-state index contributed by atoms with van der Waals surface area (Å²) < 4.78 is 43.8. The van der Waals surface area contributed by atoms with E-state index in [1.54, 1.807) is 41.0 Å². The summed E-state index contributed by atoms with van der Waals surface area (Å²) in [5.41, 5.74) is 0.357. The van der Waals surface area contributed by atoms with Gasteiger partial charge in [0.2, 0.25) is 5.91 Å². The average molecular weight is 532 g/mol. The molecule has 0 spiro atoms. The molecule has 2 aromatic rings. The number of likely N-dealkylation sites (tertiary alicyclic amines) is 2. The average Bonchev–Trinajstić information content (AvgIpc) is 3.42. The van der Waals surface area contributed by atoms with Crippen molar-refractivity contribution in [2.24, 2.45) is 0 Å². The highest BCUT2D eigenvalue weighted by Gasteiger charge is 2.33. The SMILES string of the molecule is CCOC(=O)c1cccc(N(C(=O)CN2CCCC2)C2CCN(C(=O)c3ccc(C(F)(F)F)cc3)CC2)c1. The van der Waals surface area contributed by atoms with Crippen LogP contribution >= 0.6 is 0 Å². The Kier molecular flexibility index (Phi) is 8.71. The minimum Gasteiger partial charge on any atom is -0.462 e. The van der Waals surface area contributed by atoms with Crippen molar-refractivity contribution in [3.8, 4) is 0 Å². The Balaban J connectivity index is 1.49. The first-order valence-electron chi connectivity index (χ1n) is 13.0. The van der Waals surface area contributed by atoms with Crippen LogP contribution in [0.4, 0.5) is 18.9 Å². The van der Waals surface area contributed by atoms with Crippen LogP contribution in [-0.4, -0.2) is 73.0 Å². The predicted molar refractivity (Wildman–Crippen MR) is 136 cm³/mol. The molecule has 2 aliphatic heterocycles. The topological polar surface area (TPSA) is 70.2 Å². The molecule has 7 nitrogen and oxygen atoms in total. The van der Waals surface area contributed by atoms with E-state index >= 15 is 0 Å². The van der Waals surface area contributed by atoms with Gasteiger partial charge >= 0.3 is 12.1 Å². The van der Waals surface area contributed by atoms with Gasteiger partial charge in [-0.2, -0.15) is 13.2 Å². The molecule has 2 aromatic carbocycles. The number of esters is 1. The molecule has 0 aliphatic carbocycles. The van der Waals surface area contributed by atoms with Crippen LogP contribution in [0.25, 0.3) is 0 Å². The van der Waals surface area contributed by atoms with E-state index in [-0.39, 0.29) is 36.6 Å². The molecule has 2 amide bonds. The monoisotopic (exact) mass is 531 g/mol. The first-order valence-corrected chi connectivity index (χ1v) is 13.0. The highest BCUT2D eigenvalue weighted by molar-refractivity contribution is 5.98. The maximum absolute atomic E-state index is 13.6. The Morgan fingerprint density at radius 3 is 2.21 bits per heavy atom. The van der Waals surface area contributed by atoms with Crippen molar-refractivity contribution in [1.29, 1.82) is 0 Å². The van der Waals surface area contributed by atoms with Crippen LogP contribution in [0.5, 0.6) is 0 Å². The quantitative estimate of drug-likeness (QED) is 0.488. The number of ether oxygens (including phenoxy) is 1.